The summed E-state index contributed by atoms with van der Waals surface area (Å²) < 4.78 is 1.02. The van der Waals surface area contributed by atoms with Crippen molar-refractivity contribution >= 4 is 55.9 Å². The van der Waals surface area contributed by atoms with E-state index >= 15 is 0 Å². The van der Waals surface area contributed by atoms with Gasteiger partial charge in [0.15, 0.2) is 0 Å². The smallest absolute Gasteiger partial charge is 0.0495 e. The van der Waals surface area contributed by atoms with Crippen molar-refractivity contribution in [2.45, 2.75) is 32.9 Å². The number of hydrogen-bond donors (Lipinski definition) is 0. The average molecular weight is 266 g/mol. The summed E-state index contributed by atoms with van der Waals surface area (Å²) in [6.45, 7) is 6.49. The predicted molar refractivity (Wildman–Crippen MR) is 81.7 cm³/mol. The van der Waals surface area contributed by atoms with Gasteiger partial charge in [-0.05, 0) is 30.6 Å². The van der Waals surface area contributed by atoms with Crippen molar-refractivity contribution < 1.29 is 0 Å². The predicted octanol–water partition coefficient (Wildman–Crippen LogP) is 4.42. The van der Waals surface area contributed by atoms with E-state index < -0.39 is 0 Å². The molecule has 0 aliphatic heterocycles. The second kappa shape index (κ2) is 7.86. The van der Waals surface area contributed by atoms with Crippen LogP contribution in [0, 0.1) is 6.92 Å². The molecule has 16 heavy (non-hydrogen) atoms. The summed E-state index contributed by atoms with van der Waals surface area (Å²) in [6.07, 6.45) is 1.17. The number of thiocarbonyl (C=S) groups is 1. The third kappa shape index (κ3) is 4.48. The fourth-order valence-electron chi connectivity index (χ4n) is 1.32. The summed E-state index contributed by atoms with van der Waals surface area (Å²) in [5.41, 5.74) is 2.92. The molecular weight excluding hydrogens is 250 g/mol. The van der Waals surface area contributed by atoms with Crippen LogP contribution in [0.3, 0.4) is 0 Å². The van der Waals surface area contributed by atoms with E-state index in [1.54, 1.807) is 0 Å². The molecule has 0 aliphatic carbocycles. The van der Waals surface area contributed by atoms with Crippen molar-refractivity contribution in [3.05, 3.63) is 34.3 Å². The average Bonchev–Trinajstić information content (AvgIpc) is 2.17. The molecule has 2 atom stereocenters. The molecule has 0 amide bonds. The first-order chi connectivity index (χ1) is 7.06. The van der Waals surface area contributed by atoms with Crippen LogP contribution in [0.15, 0.2) is 18.2 Å². The standard InChI is InChI=1S/C12H16ClPS.Li/c1-4-9(3)14-12(15)11-8(2)6-5-7-10(11)13;/h5-7,9,14H,4H2,1-3H3;. The summed E-state index contributed by atoms with van der Waals surface area (Å²) in [5.74, 6) is 0. The van der Waals surface area contributed by atoms with E-state index in [9.17, 15) is 0 Å². The third-order valence-corrected chi connectivity index (χ3v) is 4.72. The Labute approximate surface area is 122 Å². The van der Waals surface area contributed by atoms with Crippen LogP contribution in [0.1, 0.15) is 31.4 Å². The van der Waals surface area contributed by atoms with Gasteiger partial charge in [-0.3, -0.25) is 0 Å². The van der Waals surface area contributed by atoms with Gasteiger partial charge < -0.3 is 0 Å². The van der Waals surface area contributed by atoms with Crippen LogP contribution in [0.4, 0.5) is 0 Å². The fourth-order valence-corrected chi connectivity index (χ4v) is 3.77. The Kier molecular flexibility index (Phi) is 8.17. The van der Waals surface area contributed by atoms with Crippen LogP contribution in [0.25, 0.3) is 0 Å². The van der Waals surface area contributed by atoms with Crippen molar-refractivity contribution in [1.29, 1.82) is 0 Å². The van der Waals surface area contributed by atoms with Gasteiger partial charge >= 0.3 is 0 Å². The van der Waals surface area contributed by atoms with E-state index in [1.165, 1.54) is 12.0 Å². The zero-order valence-corrected chi connectivity index (χ0v) is 12.9. The van der Waals surface area contributed by atoms with Gasteiger partial charge in [0.25, 0.3) is 0 Å². The zero-order chi connectivity index (χ0) is 11.4. The molecule has 83 valence electrons. The molecule has 0 bridgehead atoms. The molecule has 0 saturated carbocycles. The van der Waals surface area contributed by atoms with E-state index in [0.29, 0.717) is 14.2 Å². The molecule has 1 aromatic rings. The van der Waals surface area contributed by atoms with Crippen LogP contribution in [-0.2, 0) is 0 Å². The zero-order valence-electron chi connectivity index (χ0n) is 10.3. The first-order valence-corrected chi connectivity index (χ1v) is 6.98. The van der Waals surface area contributed by atoms with Gasteiger partial charge in [0, 0.05) is 34.1 Å². The minimum Gasteiger partial charge on any atom is -0.0836 e. The minimum atomic E-state index is 0. The van der Waals surface area contributed by atoms with E-state index in [4.69, 9.17) is 23.8 Å². The maximum atomic E-state index is 6.17. The Balaban J connectivity index is 0.00000225. The molecule has 1 rings (SSSR count). The molecule has 0 N–H and O–H groups in total. The first-order valence-electron chi connectivity index (χ1n) is 5.12. The van der Waals surface area contributed by atoms with Crippen LogP contribution in [0.2, 0.25) is 5.02 Å². The Morgan fingerprint density at radius 2 is 2.12 bits per heavy atom. The van der Waals surface area contributed by atoms with Gasteiger partial charge in [-0.25, -0.2) is 0 Å². The van der Waals surface area contributed by atoms with Gasteiger partial charge in [0.1, 0.15) is 0 Å². The Morgan fingerprint density at radius 1 is 1.50 bits per heavy atom. The molecule has 0 heterocycles. The Hall–Kier alpha value is 0.627. The minimum absolute atomic E-state index is 0. The van der Waals surface area contributed by atoms with Gasteiger partial charge in [-0.2, -0.15) is 0 Å². The normalized spacial score (nSPS) is 12.5. The molecule has 2 unspecified atom stereocenters. The van der Waals surface area contributed by atoms with Crippen molar-refractivity contribution in [3.63, 3.8) is 0 Å². The monoisotopic (exact) mass is 265 g/mol. The van der Waals surface area contributed by atoms with Crippen molar-refractivity contribution in [2.75, 3.05) is 0 Å². The van der Waals surface area contributed by atoms with E-state index in [2.05, 4.69) is 26.8 Å². The van der Waals surface area contributed by atoms with Gasteiger partial charge in [-0.1, -0.05) is 58.4 Å². The summed E-state index contributed by atoms with van der Waals surface area (Å²) in [6, 6.07) is 5.95. The van der Waals surface area contributed by atoms with Gasteiger partial charge in [0.05, 0.1) is 0 Å². The topological polar surface area (TPSA) is 0 Å². The fraction of sp³-hybridized carbons (Fsp3) is 0.417. The second-order valence-electron chi connectivity index (χ2n) is 3.71. The third-order valence-electron chi connectivity index (χ3n) is 2.44. The molecule has 0 nitrogen and oxygen atoms in total. The SMILES string of the molecule is CCC(C)PC(=S)c1c(C)cccc1Cl.[Li]. The molecular formula is C12H16ClLiPS. The van der Waals surface area contributed by atoms with Crippen molar-refractivity contribution in [2.24, 2.45) is 0 Å². The van der Waals surface area contributed by atoms with Crippen LogP contribution < -0.4 is 0 Å². The van der Waals surface area contributed by atoms with E-state index in [1.807, 2.05) is 12.1 Å². The molecule has 1 aromatic carbocycles. The first kappa shape index (κ1) is 16.6. The van der Waals surface area contributed by atoms with Gasteiger partial charge in [-0.15, -0.1) is 0 Å². The van der Waals surface area contributed by atoms with Crippen LogP contribution in [0.5, 0.6) is 0 Å². The maximum absolute atomic E-state index is 6.17. The quantitative estimate of drug-likeness (QED) is 0.441. The summed E-state index contributed by atoms with van der Waals surface area (Å²) in [4.78, 5) is 0. The molecule has 1 radical (unpaired) electrons. The molecule has 4 heteroatoms. The number of hydrogen-bond acceptors (Lipinski definition) is 1. The summed E-state index contributed by atoms with van der Waals surface area (Å²) >= 11 is 11.6. The number of aryl methyl sites for hydroxylation is 1. The van der Waals surface area contributed by atoms with E-state index in [-0.39, 0.29) is 18.9 Å². The molecule has 0 saturated heterocycles. The summed E-state index contributed by atoms with van der Waals surface area (Å²) in [7, 11) is 0.697. The largest absolute Gasteiger partial charge is 0.0836 e. The Bertz CT molecular complexity index is 348. The number of rotatable bonds is 4. The van der Waals surface area contributed by atoms with E-state index in [0.717, 1.165) is 15.2 Å². The van der Waals surface area contributed by atoms with Crippen molar-refractivity contribution in [3.8, 4) is 0 Å². The number of benzene rings is 1. The summed E-state index contributed by atoms with van der Waals surface area (Å²) in [5, 5.41) is 0.788. The van der Waals surface area contributed by atoms with Gasteiger partial charge in [0.2, 0.25) is 0 Å². The Morgan fingerprint density at radius 3 is 2.62 bits per heavy atom. The second-order valence-corrected chi connectivity index (χ2v) is 6.67. The van der Waals surface area contributed by atoms with Crippen molar-refractivity contribution in [1.82, 2.24) is 0 Å². The molecule has 0 spiro atoms. The van der Waals surface area contributed by atoms with Crippen LogP contribution in [-0.4, -0.2) is 29.1 Å². The maximum Gasteiger partial charge on any atom is 0.0495 e. The van der Waals surface area contributed by atoms with Crippen LogP contribution >= 0.6 is 32.4 Å². The molecule has 0 aliphatic rings. The number of halogens is 1. The molecule has 0 aromatic heterocycles. The molecule has 0 fully saturated rings.